The number of nitrogens with zero attached hydrogens (tertiary/aromatic N) is 1. The minimum Gasteiger partial charge on any atom is -0.496 e. The Morgan fingerprint density at radius 2 is 1.92 bits per heavy atom. The minimum absolute atomic E-state index is 0.0508. The van der Waals surface area contributed by atoms with E-state index in [1.165, 1.54) is 0 Å². The lowest BCUT2D eigenvalue weighted by Gasteiger charge is -2.31. The van der Waals surface area contributed by atoms with Gasteiger partial charge in [0, 0.05) is 32.0 Å². The molecule has 1 aromatic rings. The van der Waals surface area contributed by atoms with Gasteiger partial charge in [-0.25, -0.2) is 0 Å². The van der Waals surface area contributed by atoms with Gasteiger partial charge in [-0.2, -0.15) is 0 Å². The van der Waals surface area contributed by atoms with Crippen molar-refractivity contribution in [3.8, 4) is 5.75 Å². The summed E-state index contributed by atoms with van der Waals surface area (Å²) in [5.41, 5.74) is 1.06. The molecule has 1 heterocycles. The first-order valence-corrected chi connectivity index (χ1v) is 9.83. The van der Waals surface area contributed by atoms with Crippen LogP contribution in [0.1, 0.15) is 51.0 Å². The van der Waals surface area contributed by atoms with E-state index in [-0.39, 0.29) is 17.7 Å². The number of piperidine rings is 1. The largest absolute Gasteiger partial charge is 0.496 e. The van der Waals surface area contributed by atoms with Gasteiger partial charge in [-0.15, -0.1) is 0 Å². The van der Waals surface area contributed by atoms with Gasteiger partial charge in [0.15, 0.2) is 0 Å². The zero-order chi connectivity index (χ0) is 18.8. The van der Waals surface area contributed by atoms with E-state index in [0.717, 1.165) is 50.0 Å². The first-order chi connectivity index (χ1) is 12.7. The normalized spacial score (nSPS) is 14.9. The molecule has 5 nitrogen and oxygen atoms in total. The molecule has 0 atom stereocenters. The number of carbonyl (C=O) groups excluding carboxylic acids is 2. The molecule has 2 amide bonds. The third kappa shape index (κ3) is 6.04. The van der Waals surface area contributed by atoms with Crippen molar-refractivity contribution in [2.45, 2.75) is 51.9 Å². The Hall–Kier alpha value is -2.04. The average Bonchev–Trinajstić information content (AvgIpc) is 2.69. The van der Waals surface area contributed by atoms with Crippen molar-refractivity contribution in [2.24, 2.45) is 5.92 Å². The second kappa shape index (κ2) is 10.8. The minimum atomic E-state index is 0.0508. The Bertz CT molecular complexity index is 580. The number of unbranched alkanes of at least 4 members (excludes halogenated alkanes) is 2. The van der Waals surface area contributed by atoms with E-state index in [1.807, 2.05) is 29.2 Å². The molecule has 1 N–H and O–H groups in total. The zero-order valence-corrected chi connectivity index (χ0v) is 16.1. The lowest BCUT2D eigenvalue weighted by molar-refractivity contribution is -0.135. The van der Waals surface area contributed by atoms with Crippen molar-refractivity contribution in [3.05, 3.63) is 29.8 Å². The summed E-state index contributed by atoms with van der Waals surface area (Å²) in [6, 6.07) is 7.82. The van der Waals surface area contributed by atoms with Crippen LogP contribution < -0.4 is 10.1 Å². The summed E-state index contributed by atoms with van der Waals surface area (Å²) in [4.78, 5) is 26.6. The van der Waals surface area contributed by atoms with E-state index in [2.05, 4.69) is 12.2 Å². The Morgan fingerprint density at radius 3 is 2.62 bits per heavy atom. The van der Waals surface area contributed by atoms with Gasteiger partial charge in [-0.3, -0.25) is 9.59 Å². The van der Waals surface area contributed by atoms with E-state index >= 15 is 0 Å². The molecule has 5 heteroatoms. The second-order valence-corrected chi connectivity index (χ2v) is 6.97. The van der Waals surface area contributed by atoms with E-state index in [9.17, 15) is 9.59 Å². The highest BCUT2D eigenvalue weighted by Crippen LogP contribution is 2.21. The number of hydrogen-bond donors (Lipinski definition) is 1. The Kier molecular flexibility index (Phi) is 8.45. The van der Waals surface area contributed by atoms with Crippen LogP contribution in [0.4, 0.5) is 0 Å². The zero-order valence-electron chi connectivity index (χ0n) is 16.1. The topological polar surface area (TPSA) is 58.6 Å². The Morgan fingerprint density at radius 1 is 1.19 bits per heavy atom. The molecule has 0 bridgehead atoms. The monoisotopic (exact) mass is 360 g/mol. The van der Waals surface area contributed by atoms with Gasteiger partial charge in [0.25, 0.3) is 0 Å². The standard InChI is InChI=1S/C21H32N2O3/c1-3-4-7-14-22-21(25)18-12-15-23(16-13-18)20(24)11-10-17-8-5-6-9-19(17)26-2/h5-6,8-9,18H,3-4,7,10-16H2,1-2H3,(H,22,25). The van der Waals surface area contributed by atoms with Gasteiger partial charge in [-0.05, 0) is 37.3 Å². The van der Waals surface area contributed by atoms with Gasteiger partial charge >= 0.3 is 0 Å². The maximum atomic E-state index is 12.5. The summed E-state index contributed by atoms with van der Waals surface area (Å²) in [6.45, 7) is 4.28. The maximum absolute atomic E-state index is 12.5. The van der Waals surface area contributed by atoms with Gasteiger partial charge < -0.3 is 15.0 Å². The highest BCUT2D eigenvalue weighted by atomic mass is 16.5. The smallest absolute Gasteiger partial charge is 0.223 e. The molecular formula is C21H32N2O3. The van der Waals surface area contributed by atoms with E-state index < -0.39 is 0 Å². The van der Waals surface area contributed by atoms with Crippen molar-refractivity contribution >= 4 is 11.8 Å². The van der Waals surface area contributed by atoms with Crippen LogP contribution in [0.2, 0.25) is 0 Å². The summed E-state index contributed by atoms with van der Waals surface area (Å²) < 4.78 is 5.34. The number of benzene rings is 1. The fraction of sp³-hybridized carbons (Fsp3) is 0.619. The van der Waals surface area contributed by atoms with Gasteiger partial charge in [0.1, 0.15) is 5.75 Å². The molecule has 0 saturated carbocycles. The third-order valence-corrected chi connectivity index (χ3v) is 5.10. The molecule has 1 saturated heterocycles. The predicted octanol–water partition coefficient (Wildman–Crippen LogP) is 3.17. The molecule has 2 rings (SSSR count). The quantitative estimate of drug-likeness (QED) is 0.688. The van der Waals surface area contributed by atoms with Crippen LogP contribution in [0.15, 0.2) is 24.3 Å². The lowest BCUT2D eigenvalue weighted by Crippen LogP contribution is -2.43. The predicted molar refractivity (Wildman–Crippen MR) is 103 cm³/mol. The summed E-state index contributed by atoms with van der Waals surface area (Å²) in [5, 5.41) is 3.03. The van der Waals surface area contributed by atoms with E-state index in [1.54, 1.807) is 7.11 Å². The average molecular weight is 360 g/mol. The van der Waals surface area contributed by atoms with E-state index in [4.69, 9.17) is 4.74 Å². The molecule has 1 aliphatic rings. The number of likely N-dealkylation sites (tertiary alicyclic amines) is 1. The number of amides is 2. The van der Waals surface area contributed by atoms with Crippen LogP contribution >= 0.6 is 0 Å². The Balaban J connectivity index is 1.71. The number of ether oxygens (including phenoxy) is 1. The van der Waals surface area contributed by atoms with Gasteiger partial charge in [0.2, 0.25) is 11.8 Å². The van der Waals surface area contributed by atoms with Crippen LogP contribution in [0.5, 0.6) is 5.75 Å². The highest BCUT2D eigenvalue weighted by molar-refractivity contribution is 5.80. The highest BCUT2D eigenvalue weighted by Gasteiger charge is 2.26. The number of methoxy groups -OCH3 is 1. The summed E-state index contributed by atoms with van der Waals surface area (Å²) in [6.07, 6.45) is 6.04. The van der Waals surface area contributed by atoms with E-state index in [0.29, 0.717) is 25.9 Å². The SMILES string of the molecule is CCCCCNC(=O)C1CCN(C(=O)CCc2ccccc2OC)CC1. The lowest BCUT2D eigenvalue weighted by atomic mass is 9.95. The van der Waals surface area contributed by atoms with Crippen molar-refractivity contribution < 1.29 is 14.3 Å². The first-order valence-electron chi connectivity index (χ1n) is 9.83. The van der Waals surface area contributed by atoms with Crippen LogP contribution in [-0.4, -0.2) is 43.5 Å². The van der Waals surface area contributed by atoms with Crippen molar-refractivity contribution in [1.82, 2.24) is 10.2 Å². The first kappa shape index (κ1) is 20.3. The molecule has 0 radical (unpaired) electrons. The summed E-state index contributed by atoms with van der Waals surface area (Å²) in [7, 11) is 1.65. The molecule has 1 aromatic carbocycles. The van der Waals surface area contributed by atoms with Crippen LogP contribution in [-0.2, 0) is 16.0 Å². The Labute approximate surface area is 157 Å². The molecule has 0 aromatic heterocycles. The molecule has 26 heavy (non-hydrogen) atoms. The number of rotatable bonds is 9. The van der Waals surface area contributed by atoms with Gasteiger partial charge in [0.05, 0.1) is 7.11 Å². The van der Waals surface area contributed by atoms with Gasteiger partial charge in [-0.1, -0.05) is 38.0 Å². The van der Waals surface area contributed by atoms with Crippen molar-refractivity contribution in [2.75, 3.05) is 26.7 Å². The fourth-order valence-corrected chi connectivity index (χ4v) is 3.43. The van der Waals surface area contributed by atoms with Crippen LogP contribution in [0.25, 0.3) is 0 Å². The fourth-order valence-electron chi connectivity index (χ4n) is 3.43. The number of hydrogen-bond acceptors (Lipinski definition) is 3. The number of para-hydroxylation sites is 1. The molecule has 0 spiro atoms. The molecule has 0 unspecified atom stereocenters. The second-order valence-electron chi connectivity index (χ2n) is 6.97. The van der Waals surface area contributed by atoms with Crippen molar-refractivity contribution in [1.29, 1.82) is 0 Å². The summed E-state index contributed by atoms with van der Waals surface area (Å²) in [5.74, 6) is 1.20. The number of aryl methyl sites for hydroxylation is 1. The molecule has 1 aliphatic heterocycles. The van der Waals surface area contributed by atoms with Crippen LogP contribution in [0.3, 0.4) is 0 Å². The molecule has 0 aliphatic carbocycles. The molecular weight excluding hydrogens is 328 g/mol. The third-order valence-electron chi connectivity index (χ3n) is 5.10. The van der Waals surface area contributed by atoms with Crippen LogP contribution in [0, 0.1) is 5.92 Å². The molecule has 1 fully saturated rings. The molecule has 144 valence electrons. The maximum Gasteiger partial charge on any atom is 0.223 e. The number of carbonyl (C=O) groups is 2. The summed E-state index contributed by atoms with van der Waals surface area (Å²) >= 11 is 0. The number of nitrogens with one attached hydrogen (secondary N) is 1. The van der Waals surface area contributed by atoms with Crippen molar-refractivity contribution in [3.63, 3.8) is 0 Å².